The smallest absolute Gasteiger partial charge is 0.245 e. The summed E-state index contributed by atoms with van der Waals surface area (Å²) in [6.45, 7) is 3.69. The van der Waals surface area contributed by atoms with Crippen LogP contribution in [0, 0.1) is 6.92 Å². The van der Waals surface area contributed by atoms with Crippen LogP contribution in [0.3, 0.4) is 0 Å². The zero-order chi connectivity index (χ0) is 20.7. The molecular formula is C18H18N8O2S2. The first-order valence-electron chi connectivity index (χ1n) is 9.35. The van der Waals surface area contributed by atoms with Gasteiger partial charge in [-0.2, -0.15) is 18.2 Å². The van der Waals surface area contributed by atoms with Crippen molar-refractivity contribution in [3.63, 3.8) is 0 Å². The molecule has 4 aromatic rings. The standard InChI is InChI=1S/C18H18N8O2S2/c1-13-7-8-26(21-13)17-6-5-16(19-20-17)24-9-11-25(12-10-24)30(27,28)15-4-2-3-14-18(15)23-29-22-14/h2-8H,9-12H2,1H3. The number of hydrogen-bond donors (Lipinski definition) is 0. The molecule has 0 radical (unpaired) electrons. The summed E-state index contributed by atoms with van der Waals surface area (Å²) in [6, 6.07) is 10.7. The molecule has 1 aromatic carbocycles. The van der Waals surface area contributed by atoms with Crippen LogP contribution >= 0.6 is 11.7 Å². The molecule has 1 fully saturated rings. The van der Waals surface area contributed by atoms with Crippen LogP contribution in [-0.2, 0) is 10.0 Å². The Morgan fingerprint density at radius 2 is 1.70 bits per heavy atom. The van der Waals surface area contributed by atoms with Gasteiger partial charge in [0.15, 0.2) is 11.6 Å². The Balaban J connectivity index is 1.31. The van der Waals surface area contributed by atoms with Gasteiger partial charge in [0.25, 0.3) is 0 Å². The Morgan fingerprint density at radius 3 is 2.40 bits per heavy atom. The fraction of sp³-hybridized carbons (Fsp3) is 0.278. The summed E-state index contributed by atoms with van der Waals surface area (Å²) < 4.78 is 37.8. The number of benzene rings is 1. The summed E-state index contributed by atoms with van der Waals surface area (Å²) in [6.07, 6.45) is 1.83. The minimum Gasteiger partial charge on any atom is -0.352 e. The highest BCUT2D eigenvalue weighted by Gasteiger charge is 2.31. The number of aromatic nitrogens is 6. The Hall–Kier alpha value is -2.96. The van der Waals surface area contributed by atoms with Crippen LogP contribution in [0.2, 0.25) is 0 Å². The molecule has 0 bridgehead atoms. The van der Waals surface area contributed by atoms with Gasteiger partial charge in [0.05, 0.1) is 17.4 Å². The Bertz CT molecular complexity index is 1290. The molecule has 5 rings (SSSR count). The third kappa shape index (κ3) is 3.32. The summed E-state index contributed by atoms with van der Waals surface area (Å²) in [5.74, 6) is 1.35. The van der Waals surface area contributed by atoms with Crippen molar-refractivity contribution < 1.29 is 8.42 Å². The predicted molar refractivity (Wildman–Crippen MR) is 112 cm³/mol. The second-order valence-corrected chi connectivity index (χ2v) is 9.37. The SMILES string of the molecule is Cc1ccn(-c2ccc(N3CCN(S(=O)(=O)c4cccc5nsnc45)CC3)nn2)n1. The van der Waals surface area contributed by atoms with E-state index in [1.807, 2.05) is 36.2 Å². The molecular weight excluding hydrogens is 424 g/mol. The van der Waals surface area contributed by atoms with Crippen LogP contribution in [0.4, 0.5) is 5.82 Å². The van der Waals surface area contributed by atoms with Crippen molar-refractivity contribution in [3.8, 4) is 5.82 Å². The first kappa shape index (κ1) is 19.0. The summed E-state index contributed by atoms with van der Waals surface area (Å²) >= 11 is 1.02. The maximum Gasteiger partial charge on any atom is 0.245 e. The Labute approximate surface area is 177 Å². The van der Waals surface area contributed by atoms with Gasteiger partial charge >= 0.3 is 0 Å². The van der Waals surface area contributed by atoms with Crippen LogP contribution in [0.15, 0.2) is 47.5 Å². The zero-order valence-electron chi connectivity index (χ0n) is 16.1. The third-order valence-electron chi connectivity index (χ3n) is 5.02. The van der Waals surface area contributed by atoms with Crippen LogP contribution in [-0.4, -0.2) is 67.6 Å². The zero-order valence-corrected chi connectivity index (χ0v) is 17.7. The lowest BCUT2D eigenvalue weighted by atomic mass is 10.3. The van der Waals surface area contributed by atoms with Gasteiger partial charge in [-0.1, -0.05) is 6.07 Å². The molecule has 4 heterocycles. The molecule has 0 N–H and O–H groups in total. The second-order valence-electron chi connectivity index (χ2n) is 6.93. The Kier molecular flexibility index (Phi) is 4.68. The normalized spacial score (nSPS) is 15.7. The van der Waals surface area contributed by atoms with Gasteiger partial charge in [-0.05, 0) is 37.3 Å². The largest absolute Gasteiger partial charge is 0.352 e. The number of sulfonamides is 1. The lowest BCUT2D eigenvalue weighted by Gasteiger charge is -2.34. The van der Waals surface area contributed by atoms with Crippen molar-refractivity contribution in [1.29, 1.82) is 0 Å². The lowest BCUT2D eigenvalue weighted by Crippen LogP contribution is -2.49. The fourth-order valence-corrected chi connectivity index (χ4v) is 5.61. The van der Waals surface area contributed by atoms with E-state index >= 15 is 0 Å². The first-order chi connectivity index (χ1) is 14.5. The summed E-state index contributed by atoms with van der Waals surface area (Å²) in [5.41, 5.74) is 1.94. The Morgan fingerprint density at radius 1 is 0.933 bits per heavy atom. The molecule has 154 valence electrons. The molecule has 3 aromatic heterocycles. The van der Waals surface area contributed by atoms with E-state index < -0.39 is 10.0 Å². The summed E-state index contributed by atoms with van der Waals surface area (Å²) in [7, 11) is -3.64. The molecule has 0 atom stereocenters. The molecule has 0 amide bonds. The average molecular weight is 443 g/mol. The number of aryl methyl sites for hydroxylation is 1. The average Bonchev–Trinajstić information content (AvgIpc) is 3.42. The highest BCUT2D eigenvalue weighted by molar-refractivity contribution is 7.89. The van der Waals surface area contributed by atoms with E-state index in [0.29, 0.717) is 48.8 Å². The van der Waals surface area contributed by atoms with Crippen LogP contribution in [0.25, 0.3) is 16.9 Å². The fourth-order valence-electron chi connectivity index (χ4n) is 3.44. The third-order valence-corrected chi connectivity index (χ3v) is 7.50. The minimum atomic E-state index is -3.64. The van der Waals surface area contributed by atoms with E-state index in [1.54, 1.807) is 22.9 Å². The number of hydrogen-bond acceptors (Lipinski definition) is 9. The van der Waals surface area contributed by atoms with Gasteiger partial charge in [0, 0.05) is 32.4 Å². The van der Waals surface area contributed by atoms with Crippen LogP contribution < -0.4 is 4.90 Å². The maximum atomic E-state index is 13.2. The molecule has 10 nitrogen and oxygen atoms in total. The maximum absolute atomic E-state index is 13.2. The highest BCUT2D eigenvalue weighted by atomic mass is 32.2. The summed E-state index contributed by atoms with van der Waals surface area (Å²) in [5, 5.41) is 12.9. The number of rotatable bonds is 4. The van der Waals surface area contributed by atoms with E-state index in [9.17, 15) is 8.42 Å². The lowest BCUT2D eigenvalue weighted by molar-refractivity contribution is 0.384. The van der Waals surface area contributed by atoms with Crippen LogP contribution in [0.5, 0.6) is 0 Å². The van der Waals surface area contributed by atoms with Crippen molar-refractivity contribution in [2.24, 2.45) is 0 Å². The van der Waals surface area contributed by atoms with Crippen molar-refractivity contribution in [2.75, 3.05) is 31.1 Å². The molecule has 30 heavy (non-hydrogen) atoms. The van der Waals surface area contributed by atoms with Crippen molar-refractivity contribution in [3.05, 3.63) is 48.3 Å². The predicted octanol–water partition coefficient (Wildman–Crippen LogP) is 1.49. The molecule has 1 aliphatic rings. The molecule has 0 aliphatic carbocycles. The molecule has 0 unspecified atom stereocenters. The number of nitrogens with zero attached hydrogens (tertiary/aromatic N) is 8. The molecule has 0 spiro atoms. The molecule has 12 heteroatoms. The van der Waals surface area contributed by atoms with E-state index in [0.717, 1.165) is 17.4 Å². The van der Waals surface area contributed by atoms with E-state index in [4.69, 9.17) is 0 Å². The van der Waals surface area contributed by atoms with Crippen LogP contribution in [0.1, 0.15) is 5.69 Å². The monoisotopic (exact) mass is 442 g/mol. The van der Waals surface area contributed by atoms with Gasteiger partial charge in [0.1, 0.15) is 15.9 Å². The van der Waals surface area contributed by atoms with Gasteiger partial charge in [-0.25, -0.2) is 13.1 Å². The number of anilines is 1. The number of fused-ring (bicyclic) bond motifs is 1. The van der Waals surface area contributed by atoms with E-state index in [-0.39, 0.29) is 4.90 Å². The molecule has 1 aliphatic heterocycles. The van der Waals surface area contributed by atoms with Crippen molar-refractivity contribution >= 4 is 38.6 Å². The molecule has 1 saturated heterocycles. The number of piperazine rings is 1. The molecule has 0 saturated carbocycles. The van der Waals surface area contributed by atoms with E-state index in [1.165, 1.54) is 4.31 Å². The van der Waals surface area contributed by atoms with Crippen molar-refractivity contribution in [1.82, 2.24) is 33.0 Å². The topological polar surface area (TPSA) is 110 Å². The highest BCUT2D eigenvalue weighted by Crippen LogP contribution is 2.25. The van der Waals surface area contributed by atoms with Crippen molar-refractivity contribution in [2.45, 2.75) is 11.8 Å². The minimum absolute atomic E-state index is 0.209. The van der Waals surface area contributed by atoms with Gasteiger partial charge in [-0.15, -0.1) is 10.2 Å². The van der Waals surface area contributed by atoms with Gasteiger partial charge in [-0.3, -0.25) is 0 Å². The summed E-state index contributed by atoms with van der Waals surface area (Å²) in [4.78, 5) is 2.24. The van der Waals surface area contributed by atoms with Gasteiger partial charge < -0.3 is 4.90 Å². The van der Waals surface area contributed by atoms with E-state index in [2.05, 4.69) is 24.0 Å². The second kappa shape index (κ2) is 7.38. The van der Waals surface area contributed by atoms with Gasteiger partial charge in [0.2, 0.25) is 10.0 Å². The first-order valence-corrected chi connectivity index (χ1v) is 11.5. The quantitative estimate of drug-likeness (QED) is 0.467.